The van der Waals surface area contributed by atoms with E-state index < -0.39 is 0 Å². The molecule has 0 aromatic heterocycles. The van der Waals surface area contributed by atoms with Crippen molar-refractivity contribution in [2.75, 3.05) is 0 Å². The van der Waals surface area contributed by atoms with Crippen LogP contribution in [0.5, 0.6) is 0 Å². The second-order valence-electron chi connectivity index (χ2n) is 4.96. The molecule has 0 aliphatic carbocycles. The van der Waals surface area contributed by atoms with E-state index in [-0.39, 0.29) is 7.92 Å². The molecule has 0 radical (unpaired) electrons. The van der Waals surface area contributed by atoms with Crippen molar-refractivity contribution in [3.05, 3.63) is 42.0 Å². The molecule has 1 aromatic carbocycles. The van der Waals surface area contributed by atoms with E-state index in [0.717, 1.165) is 17.7 Å². The van der Waals surface area contributed by atoms with Gasteiger partial charge in [-0.15, -0.1) is 0 Å². The van der Waals surface area contributed by atoms with Crippen LogP contribution in [0.3, 0.4) is 0 Å². The predicted octanol–water partition coefficient (Wildman–Crippen LogP) is 5.74. The number of hydrogen-bond donors (Lipinski definition) is 0. The molecule has 0 amide bonds. The maximum Gasteiger partial charge on any atom is -0.0183 e. The SMILES string of the molecule is CCC=C(c1ccccc1)P(C(C)C)C(C)C. The first-order chi connectivity index (χ1) is 8.07. The van der Waals surface area contributed by atoms with Crippen LogP contribution in [0.15, 0.2) is 36.4 Å². The summed E-state index contributed by atoms with van der Waals surface area (Å²) in [6.07, 6.45) is 3.56. The van der Waals surface area contributed by atoms with Crippen molar-refractivity contribution in [1.82, 2.24) is 0 Å². The van der Waals surface area contributed by atoms with Gasteiger partial charge in [0.05, 0.1) is 0 Å². The van der Waals surface area contributed by atoms with Crippen molar-refractivity contribution >= 4 is 13.2 Å². The topological polar surface area (TPSA) is 0 Å². The lowest BCUT2D eigenvalue weighted by molar-refractivity contribution is 1.02. The van der Waals surface area contributed by atoms with Gasteiger partial charge in [-0.3, -0.25) is 0 Å². The highest BCUT2D eigenvalue weighted by atomic mass is 31.1. The first-order valence-electron chi connectivity index (χ1n) is 6.61. The summed E-state index contributed by atoms with van der Waals surface area (Å²) in [6.45, 7) is 11.7. The Morgan fingerprint density at radius 3 is 2.00 bits per heavy atom. The zero-order valence-electron chi connectivity index (χ0n) is 11.8. The largest absolute Gasteiger partial charge is 0.0765 e. The van der Waals surface area contributed by atoms with Crippen molar-refractivity contribution in [1.29, 1.82) is 0 Å². The van der Waals surface area contributed by atoms with Crippen LogP contribution in [0.1, 0.15) is 46.6 Å². The van der Waals surface area contributed by atoms with Crippen molar-refractivity contribution in [2.24, 2.45) is 0 Å². The van der Waals surface area contributed by atoms with E-state index in [9.17, 15) is 0 Å². The van der Waals surface area contributed by atoms with Gasteiger partial charge in [0.15, 0.2) is 0 Å². The average Bonchev–Trinajstić information content (AvgIpc) is 2.28. The second-order valence-corrected chi connectivity index (χ2v) is 8.32. The van der Waals surface area contributed by atoms with Gasteiger partial charge in [0.1, 0.15) is 0 Å². The van der Waals surface area contributed by atoms with Crippen molar-refractivity contribution < 1.29 is 0 Å². The van der Waals surface area contributed by atoms with E-state index in [1.807, 2.05) is 0 Å². The Hall–Kier alpha value is -0.610. The molecule has 0 saturated heterocycles. The molecular formula is C16H25P. The van der Waals surface area contributed by atoms with Crippen molar-refractivity contribution in [3.8, 4) is 0 Å². The second kappa shape index (κ2) is 6.97. The smallest absolute Gasteiger partial charge is 0.0183 e. The highest BCUT2D eigenvalue weighted by molar-refractivity contribution is 7.69. The van der Waals surface area contributed by atoms with Crippen LogP contribution in [-0.2, 0) is 0 Å². The molecule has 1 rings (SSSR count). The summed E-state index contributed by atoms with van der Waals surface area (Å²) >= 11 is 0. The van der Waals surface area contributed by atoms with Gasteiger partial charge in [0, 0.05) is 0 Å². The van der Waals surface area contributed by atoms with E-state index in [1.165, 1.54) is 5.56 Å². The van der Waals surface area contributed by atoms with Gasteiger partial charge < -0.3 is 0 Å². The number of allylic oxidation sites excluding steroid dienone is 1. The van der Waals surface area contributed by atoms with Gasteiger partial charge in [-0.1, -0.05) is 78.9 Å². The van der Waals surface area contributed by atoms with Crippen LogP contribution in [-0.4, -0.2) is 11.3 Å². The van der Waals surface area contributed by atoms with E-state index in [2.05, 4.69) is 71.0 Å². The summed E-state index contributed by atoms with van der Waals surface area (Å²) in [6, 6.07) is 10.9. The van der Waals surface area contributed by atoms with Crippen LogP contribution in [0.2, 0.25) is 0 Å². The molecule has 17 heavy (non-hydrogen) atoms. The molecule has 0 N–H and O–H groups in total. The summed E-state index contributed by atoms with van der Waals surface area (Å²) in [4.78, 5) is 0. The summed E-state index contributed by atoms with van der Waals surface area (Å²) in [5, 5.41) is 1.59. The van der Waals surface area contributed by atoms with E-state index >= 15 is 0 Å². The van der Waals surface area contributed by atoms with Crippen LogP contribution >= 0.6 is 7.92 Å². The Morgan fingerprint density at radius 2 is 1.59 bits per heavy atom. The molecule has 0 unspecified atom stereocenters. The quantitative estimate of drug-likeness (QED) is 0.583. The molecule has 0 spiro atoms. The Balaban J connectivity index is 3.13. The zero-order valence-corrected chi connectivity index (χ0v) is 12.7. The van der Waals surface area contributed by atoms with E-state index in [1.54, 1.807) is 5.31 Å². The number of benzene rings is 1. The summed E-state index contributed by atoms with van der Waals surface area (Å²) in [5.74, 6) is 0. The standard InChI is InChI=1S/C16H25P/c1-6-10-16(15-11-8-7-9-12-15)17(13(2)3)14(4)5/h7-14H,6H2,1-5H3. The molecule has 94 valence electrons. The monoisotopic (exact) mass is 248 g/mol. The fraction of sp³-hybridized carbons (Fsp3) is 0.500. The molecule has 0 atom stereocenters. The zero-order chi connectivity index (χ0) is 12.8. The summed E-state index contributed by atoms with van der Waals surface area (Å²) in [7, 11) is -0.0631. The fourth-order valence-corrected chi connectivity index (χ4v) is 5.47. The van der Waals surface area contributed by atoms with Crippen LogP contribution in [0.25, 0.3) is 5.31 Å². The van der Waals surface area contributed by atoms with Crippen molar-refractivity contribution in [3.63, 3.8) is 0 Å². The number of hydrogen-bond acceptors (Lipinski definition) is 0. The van der Waals surface area contributed by atoms with Crippen molar-refractivity contribution in [2.45, 2.75) is 52.4 Å². The maximum atomic E-state index is 2.43. The predicted molar refractivity (Wildman–Crippen MR) is 81.9 cm³/mol. The Kier molecular flexibility index (Phi) is 5.92. The molecular weight excluding hydrogens is 223 g/mol. The van der Waals surface area contributed by atoms with Gasteiger partial charge >= 0.3 is 0 Å². The normalized spacial score (nSPS) is 12.8. The molecule has 0 saturated carbocycles. The van der Waals surface area contributed by atoms with E-state index in [4.69, 9.17) is 0 Å². The number of rotatable bonds is 5. The molecule has 0 bridgehead atoms. The van der Waals surface area contributed by atoms with E-state index in [0.29, 0.717) is 0 Å². The van der Waals surface area contributed by atoms with Gasteiger partial charge in [0.25, 0.3) is 0 Å². The van der Waals surface area contributed by atoms with Crippen LogP contribution in [0.4, 0.5) is 0 Å². The molecule has 1 heteroatoms. The van der Waals surface area contributed by atoms with Gasteiger partial charge in [-0.05, 0) is 28.6 Å². The Morgan fingerprint density at radius 1 is 1.06 bits per heavy atom. The highest BCUT2D eigenvalue weighted by Crippen LogP contribution is 2.57. The van der Waals surface area contributed by atoms with Crippen LogP contribution < -0.4 is 0 Å². The lowest BCUT2D eigenvalue weighted by Gasteiger charge is -2.29. The molecule has 0 nitrogen and oxygen atoms in total. The first kappa shape index (κ1) is 14.5. The van der Waals surface area contributed by atoms with Gasteiger partial charge in [-0.2, -0.15) is 0 Å². The lowest BCUT2D eigenvalue weighted by Crippen LogP contribution is -2.05. The van der Waals surface area contributed by atoms with Gasteiger partial charge in [-0.25, -0.2) is 0 Å². The third-order valence-corrected chi connectivity index (χ3v) is 6.08. The van der Waals surface area contributed by atoms with Gasteiger partial charge in [0.2, 0.25) is 0 Å². The molecule has 1 aromatic rings. The third-order valence-electron chi connectivity index (χ3n) is 2.86. The Labute approximate surface area is 108 Å². The summed E-state index contributed by atoms with van der Waals surface area (Å²) in [5.41, 5.74) is 2.92. The highest BCUT2D eigenvalue weighted by Gasteiger charge is 2.21. The molecule has 0 aliphatic rings. The Bertz CT molecular complexity index is 341. The fourth-order valence-electron chi connectivity index (χ4n) is 2.33. The average molecular weight is 248 g/mol. The minimum absolute atomic E-state index is 0.0631. The third kappa shape index (κ3) is 3.96. The molecule has 0 aliphatic heterocycles. The minimum Gasteiger partial charge on any atom is -0.0765 e. The lowest BCUT2D eigenvalue weighted by atomic mass is 10.2. The first-order valence-corrected chi connectivity index (χ1v) is 8.09. The maximum absolute atomic E-state index is 2.43. The molecule has 0 heterocycles. The van der Waals surface area contributed by atoms with Crippen LogP contribution in [0, 0.1) is 0 Å². The minimum atomic E-state index is -0.0631. The summed E-state index contributed by atoms with van der Waals surface area (Å²) < 4.78 is 0. The molecule has 0 fully saturated rings.